The number of hydrogen-bond acceptors (Lipinski definition) is 4. The molecule has 0 saturated carbocycles. The summed E-state index contributed by atoms with van der Waals surface area (Å²) < 4.78 is 5.39. The van der Waals surface area contributed by atoms with Crippen LogP contribution in [0.3, 0.4) is 0 Å². The second kappa shape index (κ2) is 7.81. The molecule has 130 valence electrons. The molecule has 0 aliphatic carbocycles. The third kappa shape index (κ3) is 4.16. The second-order valence-electron chi connectivity index (χ2n) is 5.63. The molecule has 6 heteroatoms. The lowest BCUT2D eigenvalue weighted by Crippen LogP contribution is -2.59. The van der Waals surface area contributed by atoms with Gasteiger partial charge in [-0.25, -0.2) is 0 Å². The molecule has 1 unspecified atom stereocenters. The van der Waals surface area contributed by atoms with E-state index in [1.54, 1.807) is 24.3 Å². The summed E-state index contributed by atoms with van der Waals surface area (Å²) >= 11 is 0. The van der Waals surface area contributed by atoms with Gasteiger partial charge in [-0.1, -0.05) is 30.3 Å². The topological polar surface area (TPSA) is 67.9 Å². The standard InChI is InChI=1S/C19H20N2O4/c1-2-24-16-10-8-15(9-11-16)19(23)21(17-12-18(22)20-17)25-13-14-6-4-3-5-7-14/h3-11,17H,2,12-13H2,1H3,(H,20,22). The predicted molar refractivity (Wildman–Crippen MR) is 91.6 cm³/mol. The van der Waals surface area contributed by atoms with Crippen LogP contribution in [0.15, 0.2) is 54.6 Å². The molecular formula is C19H20N2O4. The molecule has 0 aromatic heterocycles. The molecule has 1 atom stereocenters. The molecule has 6 nitrogen and oxygen atoms in total. The van der Waals surface area contributed by atoms with Gasteiger partial charge in [0, 0.05) is 5.56 Å². The summed E-state index contributed by atoms with van der Waals surface area (Å²) in [5.74, 6) is 0.300. The van der Waals surface area contributed by atoms with E-state index < -0.39 is 6.17 Å². The smallest absolute Gasteiger partial charge is 0.279 e. The highest BCUT2D eigenvalue weighted by Gasteiger charge is 2.35. The van der Waals surface area contributed by atoms with Crippen LogP contribution >= 0.6 is 0 Å². The fourth-order valence-electron chi connectivity index (χ4n) is 2.48. The number of nitrogens with one attached hydrogen (secondary N) is 1. The molecule has 0 radical (unpaired) electrons. The Morgan fingerprint density at radius 3 is 2.44 bits per heavy atom. The Balaban J connectivity index is 1.71. The Kier molecular flexibility index (Phi) is 5.30. The maximum atomic E-state index is 12.8. The molecule has 1 aliphatic heterocycles. The molecule has 2 aromatic rings. The molecule has 2 aromatic carbocycles. The fourth-order valence-corrected chi connectivity index (χ4v) is 2.48. The van der Waals surface area contributed by atoms with Crippen LogP contribution in [0.5, 0.6) is 5.75 Å². The van der Waals surface area contributed by atoms with Crippen LogP contribution in [-0.2, 0) is 16.2 Å². The summed E-state index contributed by atoms with van der Waals surface area (Å²) in [6, 6.07) is 16.4. The Bertz CT molecular complexity index is 723. The lowest BCUT2D eigenvalue weighted by molar-refractivity contribution is -0.184. The number of hydrogen-bond donors (Lipinski definition) is 1. The van der Waals surface area contributed by atoms with Crippen molar-refractivity contribution < 1.29 is 19.2 Å². The number of nitrogens with zero attached hydrogens (tertiary/aromatic N) is 1. The highest BCUT2D eigenvalue weighted by Crippen LogP contribution is 2.19. The first-order chi connectivity index (χ1) is 12.2. The molecule has 1 aliphatic rings. The van der Waals surface area contributed by atoms with Gasteiger partial charge in [-0.3, -0.25) is 14.4 Å². The van der Waals surface area contributed by atoms with Crippen LogP contribution in [0.1, 0.15) is 29.3 Å². The van der Waals surface area contributed by atoms with E-state index in [1.807, 2.05) is 37.3 Å². The highest BCUT2D eigenvalue weighted by atomic mass is 16.7. The van der Waals surface area contributed by atoms with E-state index in [2.05, 4.69) is 5.32 Å². The van der Waals surface area contributed by atoms with Gasteiger partial charge in [0.25, 0.3) is 5.91 Å². The van der Waals surface area contributed by atoms with Gasteiger partial charge >= 0.3 is 0 Å². The van der Waals surface area contributed by atoms with E-state index in [9.17, 15) is 9.59 Å². The Morgan fingerprint density at radius 1 is 1.16 bits per heavy atom. The summed E-state index contributed by atoms with van der Waals surface area (Å²) in [5, 5.41) is 3.92. The maximum Gasteiger partial charge on any atom is 0.279 e. The van der Waals surface area contributed by atoms with Crippen molar-refractivity contribution in [2.75, 3.05) is 6.61 Å². The third-order valence-electron chi connectivity index (χ3n) is 3.81. The maximum absolute atomic E-state index is 12.8. The van der Waals surface area contributed by atoms with Crippen LogP contribution in [0.2, 0.25) is 0 Å². The summed E-state index contributed by atoms with van der Waals surface area (Å²) in [5.41, 5.74) is 1.41. The minimum absolute atomic E-state index is 0.0993. The van der Waals surface area contributed by atoms with Crippen LogP contribution in [0.25, 0.3) is 0 Å². The molecule has 1 N–H and O–H groups in total. The second-order valence-corrected chi connectivity index (χ2v) is 5.63. The molecular weight excluding hydrogens is 320 g/mol. The lowest BCUT2D eigenvalue weighted by atomic mass is 10.1. The number of ether oxygens (including phenoxy) is 1. The van der Waals surface area contributed by atoms with E-state index in [1.165, 1.54) is 5.06 Å². The molecule has 1 saturated heterocycles. The molecule has 3 rings (SSSR count). The van der Waals surface area contributed by atoms with Gasteiger partial charge in [0.05, 0.1) is 13.0 Å². The predicted octanol–water partition coefficient (Wildman–Crippen LogP) is 2.51. The average Bonchev–Trinajstić information content (AvgIpc) is 2.62. The van der Waals surface area contributed by atoms with Crippen molar-refractivity contribution in [3.8, 4) is 5.75 Å². The van der Waals surface area contributed by atoms with Crippen molar-refractivity contribution in [2.24, 2.45) is 0 Å². The van der Waals surface area contributed by atoms with E-state index in [-0.39, 0.29) is 24.8 Å². The van der Waals surface area contributed by atoms with Crippen molar-refractivity contribution in [1.29, 1.82) is 0 Å². The Hall–Kier alpha value is -2.86. The fraction of sp³-hybridized carbons (Fsp3) is 0.263. The van der Waals surface area contributed by atoms with Crippen molar-refractivity contribution >= 4 is 11.8 Å². The quantitative estimate of drug-likeness (QED) is 0.621. The van der Waals surface area contributed by atoms with Crippen LogP contribution < -0.4 is 10.1 Å². The van der Waals surface area contributed by atoms with Gasteiger partial charge in [-0.15, -0.1) is 0 Å². The van der Waals surface area contributed by atoms with Crippen molar-refractivity contribution in [2.45, 2.75) is 26.1 Å². The molecule has 1 fully saturated rings. The number of hydroxylamine groups is 2. The largest absolute Gasteiger partial charge is 0.494 e. The average molecular weight is 340 g/mol. The van der Waals surface area contributed by atoms with Gasteiger partial charge < -0.3 is 10.1 Å². The van der Waals surface area contributed by atoms with Crippen molar-refractivity contribution in [3.63, 3.8) is 0 Å². The van der Waals surface area contributed by atoms with Crippen molar-refractivity contribution in [3.05, 3.63) is 65.7 Å². The van der Waals surface area contributed by atoms with Gasteiger partial charge in [0.2, 0.25) is 5.91 Å². The molecule has 25 heavy (non-hydrogen) atoms. The Labute approximate surface area is 146 Å². The normalized spacial score (nSPS) is 15.9. The summed E-state index contributed by atoms with van der Waals surface area (Å²) in [7, 11) is 0. The summed E-state index contributed by atoms with van der Waals surface area (Å²) in [6.45, 7) is 2.71. The van der Waals surface area contributed by atoms with Gasteiger partial charge in [0.1, 0.15) is 18.5 Å². The molecule has 0 bridgehead atoms. The van der Waals surface area contributed by atoms with Gasteiger partial charge in [-0.05, 0) is 36.8 Å². The molecule has 0 spiro atoms. The molecule has 1 heterocycles. The highest BCUT2D eigenvalue weighted by molar-refractivity contribution is 5.95. The van der Waals surface area contributed by atoms with E-state index in [4.69, 9.17) is 9.57 Å². The number of β-lactam (4-membered cyclic amide) rings is 1. The minimum Gasteiger partial charge on any atom is -0.494 e. The van der Waals surface area contributed by atoms with Gasteiger partial charge in [-0.2, -0.15) is 5.06 Å². The first-order valence-electron chi connectivity index (χ1n) is 8.20. The zero-order chi connectivity index (χ0) is 17.6. The SMILES string of the molecule is CCOc1ccc(C(=O)N(OCc2ccccc2)C2CC(=O)N2)cc1. The zero-order valence-corrected chi connectivity index (χ0v) is 14.0. The van der Waals surface area contributed by atoms with E-state index in [0.717, 1.165) is 5.56 Å². The van der Waals surface area contributed by atoms with Crippen LogP contribution in [-0.4, -0.2) is 29.7 Å². The number of benzene rings is 2. The van der Waals surface area contributed by atoms with Gasteiger partial charge in [0.15, 0.2) is 0 Å². The number of amides is 2. The van der Waals surface area contributed by atoms with E-state index in [0.29, 0.717) is 17.9 Å². The molecule has 2 amide bonds. The third-order valence-corrected chi connectivity index (χ3v) is 3.81. The lowest BCUT2D eigenvalue weighted by Gasteiger charge is -2.36. The number of carbonyl (C=O) groups excluding carboxylic acids is 2. The summed E-state index contributed by atoms with van der Waals surface area (Å²) in [4.78, 5) is 29.7. The first kappa shape index (κ1) is 17.0. The summed E-state index contributed by atoms with van der Waals surface area (Å²) in [6.07, 6.45) is -0.215. The monoisotopic (exact) mass is 340 g/mol. The van der Waals surface area contributed by atoms with E-state index >= 15 is 0 Å². The zero-order valence-electron chi connectivity index (χ0n) is 14.0. The number of rotatable bonds is 7. The van der Waals surface area contributed by atoms with Crippen LogP contribution in [0.4, 0.5) is 0 Å². The van der Waals surface area contributed by atoms with Crippen LogP contribution in [0, 0.1) is 0 Å². The minimum atomic E-state index is -0.449. The van der Waals surface area contributed by atoms with Crippen molar-refractivity contribution in [1.82, 2.24) is 10.4 Å². The first-order valence-corrected chi connectivity index (χ1v) is 8.20. The number of carbonyl (C=O) groups is 2. The Morgan fingerprint density at radius 2 is 1.84 bits per heavy atom.